The Bertz CT molecular complexity index is 685. The number of oxazole rings is 1. The van der Waals surface area contributed by atoms with Crippen molar-refractivity contribution in [1.29, 1.82) is 0 Å². The quantitative estimate of drug-likeness (QED) is 0.675. The number of carbonyl (C=O) groups is 2. The SMILES string of the molecule is NC(CCC(=O)O)C(=O)c1ccc2[nH]c(=O)oc2c1. The number of H-pyrrole nitrogens is 1. The maximum absolute atomic E-state index is 12.0. The number of hydrogen-bond donors (Lipinski definition) is 3. The van der Waals surface area contributed by atoms with E-state index in [2.05, 4.69) is 4.98 Å². The van der Waals surface area contributed by atoms with Crippen LogP contribution < -0.4 is 11.5 Å². The number of benzene rings is 1. The Kier molecular flexibility index (Phi) is 3.48. The second-order valence-corrected chi connectivity index (χ2v) is 4.13. The molecule has 0 aliphatic heterocycles. The first-order valence-corrected chi connectivity index (χ1v) is 5.62. The van der Waals surface area contributed by atoms with Crippen molar-refractivity contribution in [2.75, 3.05) is 0 Å². The number of nitrogens with one attached hydrogen (secondary N) is 1. The van der Waals surface area contributed by atoms with E-state index in [-0.39, 0.29) is 29.8 Å². The minimum absolute atomic E-state index is 0.0588. The van der Waals surface area contributed by atoms with Crippen molar-refractivity contribution in [3.8, 4) is 0 Å². The third kappa shape index (κ3) is 2.89. The molecule has 0 saturated carbocycles. The maximum Gasteiger partial charge on any atom is 0.417 e. The molecule has 0 bridgehead atoms. The van der Waals surface area contributed by atoms with Crippen LogP contribution in [0.2, 0.25) is 0 Å². The maximum atomic E-state index is 12.0. The number of carboxylic acid groups (broad SMARTS) is 1. The molecular weight excluding hydrogens is 252 g/mol. The van der Waals surface area contributed by atoms with Gasteiger partial charge in [0.2, 0.25) is 0 Å². The van der Waals surface area contributed by atoms with Gasteiger partial charge in [-0.15, -0.1) is 0 Å². The molecule has 1 atom stereocenters. The molecule has 4 N–H and O–H groups in total. The average molecular weight is 264 g/mol. The van der Waals surface area contributed by atoms with E-state index >= 15 is 0 Å². The third-order valence-electron chi connectivity index (χ3n) is 2.71. The predicted octanol–water partition coefficient (Wildman–Crippen LogP) is 0.496. The molecule has 19 heavy (non-hydrogen) atoms. The van der Waals surface area contributed by atoms with Crippen LogP contribution in [-0.2, 0) is 4.79 Å². The summed E-state index contributed by atoms with van der Waals surface area (Å²) in [6, 6.07) is 3.57. The van der Waals surface area contributed by atoms with Gasteiger partial charge in [0, 0.05) is 12.0 Å². The highest BCUT2D eigenvalue weighted by Gasteiger charge is 2.17. The average Bonchev–Trinajstić information content (AvgIpc) is 2.73. The standard InChI is InChI=1S/C12H12N2O5/c13-7(2-4-10(15)16)11(17)6-1-3-8-9(5-6)19-12(18)14-8/h1,3,5,7H,2,4,13H2,(H,14,18)(H,15,16). The molecule has 0 radical (unpaired) electrons. The summed E-state index contributed by atoms with van der Waals surface area (Å²) in [5.41, 5.74) is 6.67. The first-order chi connectivity index (χ1) is 8.97. The fourth-order valence-electron chi connectivity index (χ4n) is 1.72. The van der Waals surface area contributed by atoms with Gasteiger partial charge in [0.05, 0.1) is 11.6 Å². The number of ketones is 1. The lowest BCUT2D eigenvalue weighted by Crippen LogP contribution is -2.31. The molecule has 7 nitrogen and oxygen atoms in total. The minimum Gasteiger partial charge on any atom is -0.481 e. The molecule has 100 valence electrons. The zero-order valence-electron chi connectivity index (χ0n) is 9.88. The number of carboxylic acids is 1. The van der Waals surface area contributed by atoms with Crippen LogP contribution in [0, 0.1) is 0 Å². The van der Waals surface area contributed by atoms with Gasteiger partial charge in [-0.05, 0) is 24.6 Å². The number of aliphatic carboxylic acids is 1. The van der Waals surface area contributed by atoms with E-state index in [0.717, 1.165) is 0 Å². The van der Waals surface area contributed by atoms with Crippen LogP contribution in [0.15, 0.2) is 27.4 Å². The summed E-state index contributed by atoms with van der Waals surface area (Å²) in [5, 5.41) is 8.54. The summed E-state index contributed by atoms with van der Waals surface area (Å²) in [6.45, 7) is 0. The van der Waals surface area contributed by atoms with E-state index in [9.17, 15) is 14.4 Å². The monoisotopic (exact) mass is 264 g/mol. The fraction of sp³-hybridized carbons (Fsp3) is 0.250. The lowest BCUT2D eigenvalue weighted by atomic mass is 10.0. The summed E-state index contributed by atoms with van der Waals surface area (Å²) in [4.78, 5) is 35.8. The Morgan fingerprint density at radius 2 is 2.16 bits per heavy atom. The van der Waals surface area contributed by atoms with Gasteiger partial charge in [-0.1, -0.05) is 0 Å². The van der Waals surface area contributed by atoms with Crippen LogP contribution in [0.4, 0.5) is 0 Å². The number of rotatable bonds is 5. The van der Waals surface area contributed by atoms with E-state index in [1.807, 2.05) is 0 Å². The zero-order chi connectivity index (χ0) is 14.0. The molecular formula is C12H12N2O5. The molecule has 1 unspecified atom stereocenters. The van der Waals surface area contributed by atoms with Gasteiger partial charge in [0.25, 0.3) is 0 Å². The number of hydrogen-bond acceptors (Lipinski definition) is 5. The first-order valence-electron chi connectivity index (χ1n) is 5.62. The lowest BCUT2D eigenvalue weighted by molar-refractivity contribution is -0.137. The van der Waals surface area contributed by atoms with Crippen molar-refractivity contribution in [2.45, 2.75) is 18.9 Å². The molecule has 7 heteroatoms. The van der Waals surface area contributed by atoms with Crippen molar-refractivity contribution in [2.24, 2.45) is 5.73 Å². The number of fused-ring (bicyclic) bond motifs is 1. The van der Waals surface area contributed by atoms with E-state index in [1.54, 1.807) is 0 Å². The molecule has 0 aliphatic carbocycles. The Labute approximate surface area is 107 Å². The minimum atomic E-state index is -1.00. The van der Waals surface area contributed by atoms with E-state index in [0.29, 0.717) is 5.52 Å². The topological polar surface area (TPSA) is 126 Å². The molecule has 0 fully saturated rings. The Morgan fingerprint density at radius 3 is 2.84 bits per heavy atom. The molecule has 2 aromatic rings. The summed E-state index contributed by atoms with van der Waals surface area (Å²) < 4.78 is 4.84. The molecule has 0 spiro atoms. The van der Waals surface area contributed by atoms with Gasteiger partial charge < -0.3 is 15.3 Å². The molecule has 0 aliphatic rings. The van der Waals surface area contributed by atoms with Crippen molar-refractivity contribution < 1.29 is 19.1 Å². The molecule has 0 amide bonds. The first kappa shape index (κ1) is 13.0. The number of carbonyl (C=O) groups excluding carboxylic acids is 1. The molecule has 1 aromatic heterocycles. The third-order valence-corrected chi connectivity index (χ3v) is 2.71. The molecule has 2 rings (SSSR count). The van der Waals surface area contributed by atoms with Crippen molar-refractivity contribution in [3.63, 3.8) is 0 Å². The van der Waals surface area contributed by atoms with Gasteiger partial charge in [-0.3, -0.25) is 14.6 Å². The molecule has 1 aromatic carbocycles. The number of nitrogens with two attached hydrogens (primary N) is 1. The Balaban J connectivity index is 2.20. The summed E-state index contributed by atoms with van der Waals surface area (Å²) in [6.07, 6.45) is -0.113. The summed E-state index contributed by atoms with van der Waals surface area (Å²) >= 11 is 0. The van der Waals surface area contributed by atoms with Crippen LogP contribution >= 0.6 is 0 Å². The highest BCUT2D eigenvalue weighted by atomic mass is 16.4. The Hall–Kier alpha value is -2.41. The van der Waals surface area contributed by atoms with E-state index in [4.69, 9.17) is 15.3 Å². The normalized spacial score (nSPS) is 12.5. The van der Waals surface area contributed by atoms with Crippen molar-refractivity contribution in [1.82, 2.24) is 4.98 Å². The second kappa shape index (κ2) is 5.07. The summed E-state index contributed by atoms with van der Waals surface area (Å²) in [5.74, 6) is -1.99. The van der Waals surface area contributed by atoms with Crippen LogP contribution in [0.1, 0.15) is 23.2 Å². The zero-order valence-corrected chi connectivity index (χ0v) is 9.88. The fourth-order valence-corrected chi connectivity index (χ4v) is 1.72. The summed E-state index contributed by atoms with van der Waals surface area (Å²) in [7, 11) is 0. The molecule has 1 heterocycles. The predicted molar refractivity (Wildman–Crippen MR) is 66.0 cm³/mol. The van der Waals surface area contributed by atoms with Gasteiger partial charge in [0.15, 0.2) is 11.4 Å². The van der Waals surface area contributed by atoms with Gasteiger partial charge in [-0.25, -0.2) is 4.79 Å². The number of aromatic amines is 1. The van der Waals surface area contributed by atoms with Gasteiger partial charge in [-0.2, -0.15) is 0 Å². The lowest BCUT2D eigenvalue weighted by Gasteiger charge is -2.08. The van der Waals surface area contributed by atoms with Crippen LogP contribution in [0.5, 0.6) is 0 Å². The van der Waals surface area contributed by atoms with Crippen molar-refractivity contribution >= 4 is 22.9 Å². The largest absolute Gasteiger partial charge is 0.481 e. The van der Waals surface area contributed by atoms with Gasteiger partial charge >= 0.3 is 11.7 Å². The highest BCUT2D eigenvalue weighted by Crippen LogP contribution is 2.14. The van der Waals surface area contributed by atoms with Crippen LogP contribution in [0.25, 0.3) is 11.1 Å². The van der Waals surface area contributed by atoms with Crippen molar-refractivity contribution in [3.05, 3.63) is 34.3 Å². The smallest absolute Gasteiger partial charge is 0.417 e. The Morgan fingerprint density at radius 1 is 1.42 bits per heavy atom. The van der Waals surface area contributed by atoms with E-state index in [1.165, 1.54) is 18.2 Å². The van der Waals surface area contributed by atoms with Gasteiger partial charge in [0.1, 0.15) is 0 Å². The molecule has 0 saturated heterocycles. The second-order valence-electron chi connectivity index (χ2n) is 4.13. The highest BCUT2D eigenvalue weighted by molar-refractivity contribution is 6.02. The van der Waals surface area contributed by atoms with Crippen LogP contribution in [0.3, 0.4) is 0 Å². The van der Waals surface area contributed by atoms with E-state index < -0.39 is 17.8 Å². The number of aromatic nitrogens is 1. The van der Waals surface area contributed by atoms with Crippen LogP contribution in [-0.4, -0.2) is 27.9 Å². The number of Topliss-reactive ketones (excluding diaryl/α,β-unsaturated/α-hetero) is 1.